The highest BCUT2D eigenvalue weighted by Gasteiger charge is 2.15. The lowest BCUT2D eigenvalue weighted by Gasteiger charge is -2.19. The van der Waals surface area contributed by atoms with Crippen molar-refractivity contribution in [2.45, 2.75) is 33.1 Å². The molecule has 1 aliphatic heterocycles. The molecule has 3 N–H and O–H groups in total. The first-order valence-corrected chi connectivity index (χ1v) is 7.39. The van der Waals surface area contributed by atoms with Gasteiger partial charge in [0.15, 0.2) is 0 Å². The molecule has 0 saturated carbocycles. The highest BCUT2D eigenvalue weighted by atomic mass is 15.2. The summed E-state index contributed by atoms with van der Waals surface area (Å²) in [6.07, 6.45) is 3.49. The topological polar surface area (TPSA) is 54.2 Å². The van der Waals surface area contributed by atoms with Gasteiger partial charge in [0.25, 0.3) is 0 Å². The summed E-state index contributed by atoms with van der Waals surface area (Å²) in [7, 11) is 0. The fourth-order valence-electron chi connectivity index (χ4n) is 3.10. The minimum Gasteiger partial charge on any atom is -0.372 e. The van der Waals surface area contributed by atoms with Crippen LogP contribution in [0, 0.1) is 6.92 Å². The van der Waals surface area contributed by atoms with Crippen LogP contribution >= 0.6 is 0 Å². The van der Waals surface area contributed by atoms with Crippen molar-refractivity contribution in [3.8, 4) is 0 Å². The number of nitrogens with two attached hydrogens (primary N) is 1. The van der Waals surface area contributed by atoms with E-state index in [1.54, 1.807) is 0 Å². The summed E-state index contributed by atoms with van der Waals surface area (Å²) in [5.74, 6) is 5.75. The van der Waals surface area contributed by atoms with E-state index < -0.39 is 0 Å². The molecule has 0 spiro atoms. The van der Waals surface area contributed by atoms with Crippen molar-refractivity contribution < 1.29 is 0 Å². The van der Waals surface area contributed by atoms with Crippen LogP contribution in [0.5, 0.6) is 0 Å². The van der Waals surface area contributed by atoms with Gasteiger partial charge in [0.2, 0.25) is 0 Å². The van der Waals surface area contributed by atoms with E-state index in [0.29, 0.717) is 0 Å². The van der Waals surface area contributed by atoms with E-state index in [0.717, 1.165) is 47.4 Å². The lowest BCUT2D eigenvalue weighted by molar-refractivity contribution is 0.949. The zero-order valence-corrected chi connectivity index (χ0v) is 12.2. The predicted octanol–water partition coefficient (Wildman–Crippen LogP) is 2.99. The van der Waals surface area contributed by atoms with Gasteiger partial charge in [-0.15, -0.1) is 0 Å². The number of nitrogens with one attached hydrogen (secondary N) is 1. The van der Waals surface area contributed by atoms with Gasteiger partial charge in [0, 0.05) is 29.9 Å². The molecular weight excluding hydrogens is 248 g/mol. The molecule has 3 rings (SSSR count). The van der Waals surface area contributed by atoms with E-state index in [4.69, 9.17) is 10.8 Å². The average Bonchev–Trinajstić information content (AvgIpc) is 3.00. The van der Waals surface area contributed by atoms with E-state index in [-0.39, 0.29) is 0 Å². The number of hydrogen-bond acceptors (Lipinski definition) is 4. The van der Waals surface area contributed by atoms with Crippen molar-refractivity contribution in [3.63, 3.8) is 0 Å². The van der Waals surface area contributed by atoms with E-state index >= 15 is 0 Å². The largest absolute Gasteiger partial charge is 0.372 e. The van der Waals surface area contributed by atoms with Gasteiger partial charge in [-0.3, -0.25) is 10.8 Å². The number of nitrogens with zero attached hydrogens (tertiary/aromatic N) is 2. The van der Waals surface area contributed by atoms with Crippen molar-refractivity contribution in [1.82, 2.24) is 4.98 Å². The number of aryl methyl sites for hydroxylation is 1. The van der Waals surface area contributed by atoms with Gasteiger partial charge >= 0.3 is 0 Å². The number of hydrazine groups is 1. The molecule has 1 fully saturated rings. The SMILES string of the molecule is CCc1nc2ccc(N3CCCC3)cc2c(NN)c1C. The molecule has 0 amide bonds. The van der Waals surface area contributed by atoms with E-state index in [2.05, 4.69) is 42.4 Å². The molecule has 1 aromatic carbocycles. The smallest absolute Gasteiger partial charge is 0.0728 e. The van der Waals surface area contributed by atoms with E-state index in [1.807, 2.05) is 0 Å². The Labute approximate surface area is 120 Å². The molecule has 0 bridgehead atoms. The molecule has 2 aromatic rings. The number of aromatic nitrogens is 1. The number of benzene rings is 1. The van der Waals surface area contributed by atoms with E-state index in [1.165, 1.54) is 18.5 Å². The molecule has 20 heavy (non-hydrogen) atoms. The molecule has 4 heteroatoms. The summed E-state index contributed by atoms with van der Waals surface area (Å²) in [6.45, 7) is 6.51. The van der Waals surface area contributed by atoms with Crippen molar-refractivity contribution in [3.05, 3.63) is 29.5 Å². The maximum Gasteiger partial charge on any atom is 0.0728 e. The van der Waals surface area contributed by atoms with Gasteiger partial charge in [-0.2, -0.15) is 0 Å². The second-order valence-corrected chi connectivity index (χ2v) is 5.45. The minimum atomic E-state index is 0.921. The molecule has 1 saturated heterocycles. The summed E-state index contributed by atoms with van der Waals surface area (Å²) in [5, 5.41) is 1.12. The fraction of sp³-hybridized carbons (Fsp3) is 0.438. The van der Waals surface area contributed by atoms with Crippen LogP contribution in [0.1, 0.15) is 31.0 Å². The van der Waals surface area contributed by atoms with Gasteiger partial charge in [0.05, 0.1) is 11.2 Å². The maximum atomic E-state index is 5.75. The third-order valence-corrected chi connectivity index (χ3v) is 4.26. The van der Waals surface area contributed by atoms with Gasteiger partial charge in [-0.1, -0.05) is 6.92 Å². The van der Waals surface area contributed by atoms with Crippen molar-refractivity contribution in [2.24, 2.45) is 5.84 Å². The Bertz CT molecular complexity index is 630. The molecule has 0 unspecified atom stereocenters. The predicted molar refractivity (Wildman–Crippen MR) is 85.1 cm³/mol. The summed E-state index contributed by atoms with van der Waals surface area (Å²) in [5.41, 5.74) is 8.44. The molecule has 1 aromatic heterocycles. The van der Waals surface area contributed by atoms with Gasteiger partial charge < -0.3 is 10.3 Å². The lowest BCUT2D eigenvalue weighted by atomic mass is 10.0. The average molecular weight is 270 g/mol. The summed E-state index contributed by atoms with van der Waals surface area (Å²) >= 11 is 0. The van der Waals surface area contributed by atoms with Gasteiger partial charge in [-0.25, -0.2) is 0 Å². The Hall–Kier alpha value is -1.81. The number of anilines is 2. The third kappa shape index (κ3) is 2.10. The normalized spacial score (nSPS) is 15.1. The number of rotatable bonds is 3. The summed E-state index contributed by atoms with van der Waals surface area (Å²) < 4.78 is 0. The number of fused-ring (bicyclic) bond motifs is 1. The Kier molecular flexibility index (Phi) is 3.49. The Balaban J connectivity index is 2.17. The molecule has 0 atom stereocenters. The Morgan fingerprint density at radius 3 is 2.70 bits per heavy atom. The number of nitrogen functional groups attached to an aromatic ring is 1. The maximum absolute atomic E-state index is 5.75. The van der Waals surface area contributed by atoms with Gasteiger partial charge in [0.1, 0.15) is 0 Å². The molecule has 2 heterocycles. The first-order valence-electron chi connectivity index (χ1n) is 7.39. The molecule has 1 aliphatic rings. The van der Waals surface area contributed by atoms with Crippen molar-refractivity contribution in [1.29, 1.82) is 0 Å². The van der Waals surface area contributed by atoms with Crippen LogP contribution in [0.15, 0.2) is 18.2 Å². The summed E-state index contributed by atoms with van der Waals surface area (Å²) in [6, 6.07) is 6.51. The second kappa shape index (κ2) is 5.29. The van der Waals surface area contributed by atoms with Gasteiger partial charge in [-0.05, 0) is 49.9 Å². The first-order chi connectivity index (χ1) is 9.74. The lowest BCUT2D eigenvalue weighted by Crippen LogP contribution is -2.17. The zero-order valence-electron chi connectivity index (χ0n) is 12.2. The minimum absolute atomic E-state index is 0.921. The van der Waals surface area contributed by atoms with Crippen LogP contribution in [0.4, 0.5) is 11.4 Å². The van der Waals surface area contributed by atoms with Crippen LogP contribution < -0.4 is 16.2 Å². The molecule has 0 radical (unpaired) electrons. The highest BCUT2D eigenvalue weighted by Crippen LogP contribution is 2.31. The first kappa shape index (κ1) is 13.2. The second-order valence-electron chi connectivity index (χ2n) is 5.45. The van der Waals surface area contributed by atoms with Crippen molar-refractivity contribution in [2.75, 3.05) is 23.4 Å². The number of pyridine rings is 1. The standard InChI is InChI=1S/C16H22N4/c1-3-14-11(2)16(19-17)13-10-12(6-7-15(13)18-14)20-8-4-5-9-20/h6-7,10H,3-5,8-9,17H2,1-2H3,(H,18,19). The summed E-state index contributed by atoms with van der Waals surface area (Å²) in [4.78, 5) is 7.19. The monoisotopic (exact) mass is 270 g/mol. The van der Waals surface area contributed by atoms with Crippen LogP contribution in [-0.4, -0.2) is 18.1 Å². The number of hydrogen-bond donors (Lipinski definition) is 2. The molecule has 106 valence electrons. The van der Waals surface area contributed by atoms with E-state index in [9.17, 15) is 0 Å². The van der Waals surface area contributed by atoms with Crippen LogP contribution in [-0.2, 0) is 6.42 Å². The van der Waals surface area contributed by atoms with Crippen LogP contribution in [0.2, 0.25) is 0 Å². The Morgan fingerprint density at radius 2 is 2.05 bits per heavy atom. The highest BCUT2D eigenvalue weighted by molar-refractivity contribution is 5.95. The Morgan fingerprint density at radius 1 is 1.30 bits per heavy atom. The quantitative estimate of drug-likeness (QED) is 0.665. The van der Waals surface area contributed by atoms with Crippen LogP contribution in [0.25, 0.3) is 10.9 Å². The molecule has 0 aliphatic carbocycles. The molecular formula is C16H22N4. The van der Waals surface area contributed by atoms with Crippen molar-refractivity contribution >= 4 is 22.3 Å². The third-order valence-electron chi connectivity index (χ3n) is 4.26. The zero-order chi connectivity index (χ0) is 14.1. The fourth-order valence-corrected chi connectivity index (χ4v) is 3.10. The van der Waals surface area contributed by atoms with Crippen LogP contribution in [0.3, 0.4) is 0 Å². The molecule has 4 nitrogen and oxygen atoms in total.